The molecular formula is C16H24N2O3. The van der Waals surface area contributed by atoms with Gasteiger partial charge in [0.15, 0.2) is 5.75 Å². The highest BCUT2D eigenvalue weighted by molar-refractivity contribution is 5.48. The predicted molar refractivity (Wildman–Crippen MR) is 84.6 cm³/mol. The molecule has 0 aliphatic heterocycles. The molecule has 0 aliphatic carbocycles. The molecule has 116 valence electrons. The summed E-state index contributed by atoms with van der Waals surface area (Å²) in [6.07, 6.45) is 5.91. The Morgan fingerprint density at radius 3 is 2.86 bits per heavy atom. The predicted octanol–water partition coefficient (Wildman–Crippen LogP) is 3.83. The zero-order valence-corrected chi connectivity index (χ0v) is 12.6. The lowest BCUT2D eigenvalue weighted by Crippen LogP contribution is -2.12. The van der Waals surface area contributed by atoms with Gasteiger partial charge in [0.25, 0.3) is 0 Å². The van der Waals surface area contributed by atoms with Gasteiger partial charge < -0.3 is 10.1 Å². The lowest BCUT2D eigenvalue weighted by Gasteiger charge is -2.08. The summed E-state index contributed by atoms with van der Waals surface area (Å²) < 4.78 is 5.55. The first-order valence-corrected chi connectivity index (χ1v) is 7.40. The zero-order valence-electron chi connectivity index (χ0n) is 12.6. The van der Waals surface area contributed by atoms with E-state index >= 15 is 0 Å². The molecule has 0 aliphatic rings. The van der Waals surface area contributed by atoms with Crippen LogP contribution in [0, 0.1) is 10.1 Å². The fourth-order valence-electron chi connectivity index (χ4n) is 1.96. The Hall–Kier alpha value is -1.88. The fourth-order valence-corrected chi connectivity index (χ4v) is 1.96. The molecule has 0 fully saturated rings. The highest BCUT2D eigenvalue weighted by Gasteiger charge is 2.15. The third-order valence-electron chi connectivity index (χ3n) is 3.11. The van der Waals surface area contributed by atoms with Gasteiger partial charge in [-0.2, -0.15) is 0 Å². The molecule has 5 nitrogen and oxygen atoms in total. The summed E-state index contributed by atoms with van der Waals surface area (Å²) in [5.74, 6) is 0.351. The number of allylic oxidation sites excluding steroid dienone is 1. The molecule has 1 aromatic carbocycles. The molecule has 0 unspecified atom stereocenters. The van der Waals surface area contributed by atoms with E-state index in [9.17, 15) is 10.1 Å². The Kier molecular flexibility index (Phi) is 8.12. The third kappa shape index (κ3) is 6.40. The summed E-state index contributed by atoms with van der Waals surface area (Å²) in [4.78, 5) is 10.7. The molecule has 0 aromatic heterocycles. The van der Waals surface area contributed by atoms with Crippen molar-refractivity contribution in [3.8, 4) is 5.75 Å². The molecule has 0 atom stereocenters. The number of nitrogens with one attached hydrogen (secondary N) is 1. The van der Waals surface area contributed by atoms with Crippen molar-refractivity contribution < 1.29 is 9.66 Å². The number of nitro groups is 1. The van der Waals surface area contributed by atoms with Gasteiger partial charge >= 0.3 is 5.69 Å². The number of nitro benzene ring substituents is 1. The van der Waals surface area contributed by atoms with Crippen LogP contribution in [-0.4, -0.2) is 18.1 Å². The highest BCUT2D eigenvalue weighted by Crippen LogP contribution is 2.28. The summed E-state index contributed by atoms with van der Waals surface area (Å²) in [7, 11) is 0. The van der Waals surface area contributed by atoms with Crippen molar-refractivity contribution in [2.75, 3.05) is 13.2 Å². The van der Waals surface area contributed by atoms with Crippen LogP contribution >= 0.6 is 0 Å². The Labute approximate surface area is 126 Å². The number of nitrogens with zero attached hydrogens (tertiary/aromatic N) is 1. The standard InChI is InChI=1S/C16H24N2O3/c1-3-5-6-7-8-11-21-16-10-9-14(13-17-4-2)12-15(16)18(19)20/h3,9-10,12,17H,1,4-8,11,13H2,2H3. The van der Waals surface area contributed by atoms with Crippen LogP contribution in [0.3, 0.4) is 0 Å². The lowest BCUT2D eigenvalue weighted by molar-refractivity contribution is -0.385. The second kappa shape index (κ2) is 9.94. The van der Waals surface area contributed by atoms with Crippen molar-refractivity contribution in [1.29, 1.82) is 0 Å². The van der Waals surface area contributed by atoms with E-state index in [4.69, 9.17) is 4.74 Å². The minimum Gasteiger partial charge on any atom is -0.487 e. The first kappa shape index (κ1) is 17.2. The van der Waals surface area contributed by atoms with Crippen LogP contribution < -0.4 is 10.1 Å². The summed E-state index contributed by atoms with van der Waals surface area (Å²) >= 11 is 0. The molecule has 0 saturated heterocycles. The smallest absolute Gasteiger partial charge is 0.311 e. The van der Waals surface area contributed by atoms with Gasteiger partial charge in [0.05, 0.1) is 11.5 Å². The largest absolute Gasteiger partial charge is 0.487 e. The van der Waals surface area contributed by atoms with E-state index in [2.05, 4.69) is 11.9 Å². The van der Waals surface area contributed by atoms with E-state index < -0.39 is 0 Å². The van der Waals surface area contributed by atoms with Crippen molar-refractivity contribution in [3.63, 3.8) is 0 Å². The Balaban J connectivity index is 2.55. The van der Waals surface area contributed by atoms with Gasteiger partial charge in [-0.05, 0) is 43.9 Å². The molecule has 21 heavy (non-hydrogen) atoms. The summed E-state index contributed by atoms with van der Waals surface area (Å²) in [6, 6.07) is 5.13. The number of ether oxygens (including phenoxy) is 1. The van der Waals surface area contributed by atoms with Gasteiger partial charge in [-0.25, -0.2) is 0 Å². The summed E-state index contributed by atoms with van der Waals surface area (Å²) in [6.45, 7) is 7.63. The molecule has 0 bridgehead atoms. The SMILES string of the molecule is C=CCCCCCOc1ccc(CNCC)cc1[N+](=O)[O-]. The molecule has 0 spiro atoms. The van der Waals surface area contributed by atoms with Crippen molar-refractivity contribution in [1.82, 2.24) is 5.32 Å². The molecule has 0 heterocycles. The molecule has 0 radical (unpaired) electrons. The second-order valence-electron chi connectivity index (χ2n) is 4.83. The first-order chi connectivity index (χ1) is 10.2. The van der Waals surface area contributed by atoms with Crippen molar-refractivity contribution in [3.05, 3.63) is 46.5 Å². The molecule has 0 saturated carbocycles. The Morgan fingerprint density at radius 2 is 2.19 bits per heavy atom. The van der Waals surface area contributed by atoms with E-state index in [1.54, 1.807) is 12.1 Å². The van der Waals surface area contributed by atoms with Gasteiger partial charge in [0, 0.05) is 12.6 Å². The summed E-state index contributed by atoms with van der Waals surface area (Å²) in [5, 5.41) is 14.3. The van der Waals surface area contributed by atoms with Gasteiger partial charge in [-0.3, -0.25) is 10.1 Å². The molecule has 1 aromatic rings. The quantitative estimate of drug-likeness (QED) is 0.291. The number of benzene rings is 1. The van der Waals surface area contributed by atoms with Crippen LogP contribution in [0.5, 0.6) is 5.75 Å². The minimum absolute atomic E-state index is 0.0384. The number of unbranched alkanes of at least 4 members (excludes halogenated alkanes) is 3. The van der Waals surface area contributed by atoms with Gasteiger partial charge in [0.1, 0.15) is 0 Å². The fraction of sp³-hybridized carbons (Fsp3) is 0.500. The normalized spacial score (nSPS) is 10.3. The highest BCUT2D eigenvalue weighted by atomic mass is 16.6. The van der Waals surface area contributed by atoms with E-state index in [1.165, 1.54) is 0 Å². The number of hydrogen-bond donors (Lipinski definition) is 1. The van der Waals surface area contributed by atoms with Gasteiger partial charge in [0.2, 0.25) is 0 Å². The average molecular weight is 292 g/mol. The van der Waals surface area contributed by atoms with E-state index in [0.29, 0.717) is 18.9 Å². The van der Waals surface area contributed by atoms with Crippen LogP contribution in [0.25, 0.3) is 0 Å². The first-order valence-electron chi connectivity index (χ1n) is 7.40. The lowest BCUT2D eigenvalue weighted by atomic mass is 10.2. The van der Waals surface area contributed by atoms with E-state index in [0.717, 1.165) is 37.8 Å². The maximum Gasteiger partial charge on any atom is 0.311 e. The number of hydrogen-bond acceptors (Lipinski definition) is 4. The average Bonchev–Trinajstić information content (AvgIpc) is 2.49. The van der Waals surface area contributed by atoms with Gasteiger partial charge in [-0.15, -0.1) is 6.58 Å². The second-order valence-corrected chi connectivity index (χ2v) is 4.83. The number of rotatable bonds is 11. The van der Waals surface area contributed by atoms with Crippen molar-refractivity contribution >= 4 is 5.69 Å². The molecule has 5 heteroatoms. The van der Waals surface area contributed by atoms with Crippen molar-refractivity contribution in [2.45, 2.75) is 39.2 Å². The summed E-state index contributed by atoms with van der Waals surface area (Å²) in [5.41, 5.74) is 0.929. The van der Waals surface area contributed by atoms with Crippen molar-refractivity contribution in [2.24, 2.45) is 0 Å². The van der Waals surface area contributed by atoms with Crippen LogP contribution in [0.1, 0.15) is 38.2 Å². The van der Waals surface area contributed by atoms with E-state index in [1.807, 2.05) is 19.1 Å². The maximum absolute atomic E-state index is 11.1. The van der Waals surface area contributed by atoms with Crippen LogP contribution in [0.2, 0.25) is 0 Å². The zero-order chi connectivity index (χ0) is 15.5. The Morgan fingerprint density at radius 1 is 1.38 bits per heavy atom. The molecule has 0 amide bonds. The molecular weight excluding hydrogens is 268 g/mol. The van der Waals surface area contributed by atoms with E-state index in [-0.39, 0.29) is 10.6 Å². The van der Waals surface area contributed by atoms with Crippen LogP contribution in [0.4, 0.5) is 5.69 Å². The third-order valence-corrected chi connectivity index (χ3v) is 3.11. The Bertz CT molecular complexity index is 461. The van der Waals surface area contributed by atoms with Gasteiger partial charge in [-0.1, -0.05) is 19.1 Å². The molecule has 1 N–H and O–H groups in total. The minimum atomic E-state index is -0.386. The maximum atomic E-state index is 11.1. The monoisotopic (exact) mass is 292 g/mol. The topological polar surface area (TPSA) is 64.4 Å². The van der Waals surface area contributed by atoms with Crippen LogP contribution in [0.15, 0.2) is 30.9 Å². The van der Waals surface area contributed by atoms with Crippen LogP contribution in [-0.2, 0) is 6.54 Å². The molecule has 1 rings (SSSR count).